The molecule has 0 heterocycles. The molecule has 1 rings (SSSR count). The van der Waals surface area contributed by atoms with Crippen LogP contribution < -0.4 is 5.32 Å². The summed E-state index contributed by atoms with van der Waals surface area (Å²) in [6.07, 6.45) is -1.14. The molecule has 0 bridgehead atoms. The molecule has 0 aliphatic carbocycles. The molecule has 1 aromatic carbocycles. The first-order chi connectivity index (χ1) is 8.25. The van der Waals surface area contributed by atoms with Gasteiger partial charge in [0.25, 0.3) is 0 Å². The molecule has 5 heteroatoms. The summed E-state index contributed by atoms with van der Waals surface area (Å²) in [5, 5.41) is 11.6. The quantitative estimate of drug-likeness (QED) is 0.825. The molecular weight excluding hydrogens is 254 g/mol. The van der Waals surface area contributed by atoms with E-state index in [2.05, 4.69) is 5.32 Å². The molecule has 0 radical (unpaired) electrons. The van der Waals surface area contributed by atoms with Gasteiger partial charge in [0.05, 0.1) is 0 Å². The number of benzene rings is 1. The van der Waals surface area contributed by atoms with Gasteiger partial charge in [0.1, 0.15) is 0 Å². The fourth-order valence-electron chi connectivity index (χ4n) is 1.54. The largest absolute Gasteiger partial charge is 0.465 e. The zero-order valence-electron chi connectivity index (χ0n) is 10.5. The predicted molar refractivity (Wildman–Crippen MR) is 70.2 cm³/mol. The second kappa shape index (κ2) is 5.40. The summed E-state index contributed by atoms with van der Waals surface area (Å²) >= 11 is 5.76. The first-order valence-electron chi connectivity index (χ1n) is 5.55. The van der Waals surface area contributed by atoms with Crippen LogP contribution in [0.2, 0.25) is 5.02 Å². The van der Waals surface area contributed by atoms with Crippen LogP contribution in [0.5, 0.6) is 0 Å². The second-order valence-electron chi connectivity index (χ2n) is 4.73. The summed E-state index contributed by atoms with van der Waals surface area (Å²) in [5.41, 5.74) is -0.310. The number of carboxylic acid groups (broad SMARTS) is 1. The van der Waals surface area contributed by atoms with Crippen LogP contribution in [0.3, 0.4) is 0 Å². The molecule has 1 aromatic rings. The minimum Gasteiger partial charge on any atom is -0.465 e. The lowest BCUT2D eigenvalue weighted by atomic mass is 9.78. The zero-order chi connectivity index (χ0) is 13.9. The average Bonchev–Trinajstić information content (AvgIpc) is 2.28. The van der Waals surface area contributed by atoms with Crippen molar-refractivity contribution in [2.45, 2.75) is 26.8 Å². The van der Waals surface area contributed by atoms with Gasteiger partial charge in [-0.2, -0.15) is 0 Å². The molecule has 98 valence electrons. The van der Waals surface area contributed by atoms with Crippen molar-refractivity contribution in [2.75, 3.05) is 0 Å². The summed E-state index contributed by atoms with van der Waals surface area (Å²) in [7, 11) is 0. The molecule has 2 N–H and O–H groups in total. The van der Waals surface area contributed by atoms with Crippen molar-refractivity contribution in [1.82, 2.24) is 5.32 Å². The number of halogens is 1. The standard InChI is InChI=1S/C13H16ClNO3/c1-8(15-12(17)18)13(2,3)11(16)9-4-6-10(14)7-5-9/h4-8,15H,1-3H3,(H,17,18). The molecule has 0 saturated heterocycles. The van der Waals surface area contributed by atoms with Crippen LogP contribution in [0, 0.1) is 5.41 Å². The molecular formula is C13H16ClNO3. The van der Waals surface area contributed by atoms with E-state index < -0.39 is 17.6 Å². The van der Waals surface area contributed by atoms with Gasteiger partial charge in [0, 0.05) is 22.0 Å². The van der Waals surface area contributed by atoms with E-state index in [0.717, 1.165) is 0 Å². The van der Waals surface area contributed by atoms with Crippen LogP contribution in [0.4, 0.5) is 4.79 Å². The number of nitrogens with one attached hydrogen (secondary N) is 1. The molecule has 18 heavy (non-hydrogen) atoms. The third-order valence-corrected chi connectivity index (χ3v) is 3.37. The van der Waals surface area contributed by atoms with Gasteiger partial charge in [-0.15, -0.1) is 0 Å². The number of rotatable bonds is 4. The fraction of sp³-hybridized carbons (Fsp3) is 0.385. The molecule has 1 amide bonds. The van der Waals surface area contributed by atoms with Crippen LogP contribution in [0.1, 0.15) is 31.1 Å². The number of amides is 1. The van der Waals surface area contributed by atoms with Gasteiger partial charge in [0.15, 0.2) is 5.78 Å². The smallest absolute Gasteiger partial charge is 0.404 e. The Labute approximate surface area is 111 Å². The van der Waals surface area contributed by atoms with Crippen molar-refractivity contribution in [1.29, 1.82) is 0 Å². The topological polar surface area (TPSA) is 66.4 Å². The highest BCUT2D eigenvalue weighted by Crippen LogP contribution is 2.26. The molecule has 0 fully saturated rings. The normalized spacial score (nSPS) is 12.9. The Kier molecular flexibility index (Phi) is 4.35. The average molecular weight is 270 g/mol. The maximum Gasteiger partial charge on any atom is 0.404 e. The highest BCUT2D eigenvalue weighted by atomic mass is 35.5. The Morgan fingerprint density at radius 3 is 2.22 bits per heavy atom. The molecule has 0 aromatic heterocycles. The molecule has 0 saturated carbocycles. The Hall–Kier alpha value is -1.55. The lowest BCUT2D eigenvalue weighted by Crippen LogP contribution is -2.46. The first-order valence-corrected chi connectivity index (χ1v) is 5.92. The van der Waals surface area contributed by atoms with E-state index in [1.807, 2.05) is 0 Å². The lowest BCUT2D eigenvalue weighted by Gasteiger charge is -2.30. The summed E-state index contributed by atoms with van der Waals surface area (Å²) in [6.45, 7) is 5.09. The maximum atomic E-state index is 12.3. The van der Waals surface area contributed by atoms with Gasteiger partial charge in [-0.3, -0.25) is 4.79 Å². The van der Waals surface area contributed by atoms with Crippen molar-refractivity contribution in [3.63, 3.8) is 0 Å². The van der Waals surface area contributed by atoms with Crippen LogP contribution >= 0.6 is 11.6 Å². The SMILES string of the molecule is CC(NC(=O)O)C(C)(C)C(=O)c1ccc(Cl)cc1. The number of ketones is 1. The van der Waals surface area contributed by atoms with Gasteiger partial charge in [0.2, 0.25) is 0 Å². The predicted octanol–water partition coefficient (Wildman–Crippen LogP) is 3.21. The van der Waals surface area contributed by atoms with E-state index in [4.69, 9.17) is 16.7 Å². The Morgan fingerprint density at radius 2 is 1.78 bits per heavy atom. The molecule has 0 aliphatic heterocycles. The lowest BCUT2D eigenvalue weighted by molar-refractivity contribution is 0.0789. The second-order valence-corrected chi connectivity index (χ2v) is 5.17. The van der Waals surface area contributed by atoms with Crippen molar-refractivity contribution >= 4 is 23.5 Å². The summed E-state index contributed by atoms with van der Waals surface area (Å²) in [5.74, 6) is -0.125. The van der Waals surface area contributed by atoms with Gasteiger partial charge in [-0.05, 0) is 31.2 Å². The highest BCUT2D eigenvalue weighted by Gasteiger charge is 2.35. The van der Waals surface area contributed by atoms with Gasteiger partial charge >= 0.3 is 6.09 Å². The number of Topliss-reactive ketones (excluding diaryl/α,β-unsaturated/α-hetero) is 1. The van der Waals surface area contributed by atoms with E-state index in [1.165, 1.54) is 0 Å². The van der Waals surface area contributed by atoms with Crippen LogP contribution in [0.25, 0.3) is 0 Å². The molecule has 0 aliphatic rings. The third kappa shape index (κ3) is 3.23. The van der Waals surface area contributed by atoms with Crippen LogP contribution in [0.15, 0.2) is 24.3 Å². The first kappa shape index (κ1) is 14.5. The van der Waals surface area contributed by atoms with Crippen molar-refractivity contribution < 1.29 is 14.7 Å². The Morgan fingerprint density at radius 1 is 1.28 bits per heavy atom. The van der Waals surface area contributed by atoms with Crippen molar-refractivity contribution in [2.24, 2.45) is 5.41 Å². The zero-order valence-corrected chi connectivity index (χ0v) is 11.3. The Balaban J connectivity index is 2.93. The van der Waals surface area contributed by atoms with E-state index in [9.17, 15) is 9.59 Å². The summed E-state index contributed by atoms with van der Waals surface area (Å²) in [6, 6.07) is 6.07. The highest BCUT2D eigenvalue weighted by molar-refractivity contribution is 6.30. The van der Waals surface area contributed by atoms with Gasteiger partial charge in [-0.25, -0.2) is 4.79 Å². The van der Waals surface area contributed by atoms with Gasteiger partial charge < -0.3 is 10.4 Å². The number of carbonyl (C=O) groups is 2. The Bertz CT molecular complexity index is 454. The van der Waals surface area contributed by atoms with Crippen LogP contribution in [-0.4, -0.2) is 23.0 Å². The van der Waals surface area contributed by atoms with Gasteiger partial charge in [-0.1, -0.05) is 25.4 Å². The van der Waals surface area contributed by atoms with Crippen molar-refractivity contribution in [3.05, 3.63) is 34.9 Å². The minimum atomic E-state index is -1.14. The number of hydrogen-bond donors (Lipinski definition) is 2. The van der Waals surface area contributed by atoms with E-state index in [-0.39, 0.29) is 5.78 Å². The van der Waals surface area contributed by atoms with E-state index in [0.29, 0.717) is 10.6 Å². The summed E-state index contributed by atoms with van der Waals surface area (Å²) < 4.78 is 0. The number of hydrogen-bond acceptors (Lipinski definition) is 2. The molecule has 4 nitrogen and oxygen atoms in total. The minimum absolute atomic E-state index is 0.125. The molecule has 0 spiro atoms. The van der Waals surface area contributed by atoms with E-state index >= 15 is 0 Å². The molecule has 1 atom stereocenters. The molecule has 1 unspecified atom stereocenters. The number of carbonyl (C=O) groups excluding carboxylic acids is 1. The monoisotopic (exact) mass is 269 g/mol. The summed E-state index contributed by atoms with van der Waals surface area (Å²) in [4.78, 5) is 22.9. The third-order valence-electron chi connectivity index (χ3n) is 3.11. The van der Waals surface area contributed by atoms with E-state index in [1.54, 1.807) is 45.0 Å². The van der Waals surface area contributed by atoms with Crippen molar-refractivity contribution in [3.8, 4) is 0 Å². The maximum absolute atomic E-state index is 12.3. The van der Waals surface area contributed by atoms with Crippen LogP contribution in [-0.2, 0) is 0 Å². The fourth-order valence-corrected chi connectivity index (χ4v) is 1.66.